The maximum Gasteiger partial charge on any atom is 0.407 e. The third-order valence-electron chi connectivity index (χ3n) is 11.0. The normalized spacial score (nSPS) is 27.1. The number of nitrogens with two attached hydrogens (primary N) is 1. The summed E-state index contributed by atoms with van der Waals surface area (Å²) in [4.78, 5) is 109. The van der Waals surface area contributed by atoms with Crippen molar-refractivity contribution in [2.45, 2.75) is 129 Å². The molecule has 2 heterocycles. The minimum Gasteiger partial charge on any atom is -0.465 e. The summed E-state index contributed by atoms with van der Waals surface area (Å²) in [6.07, 6.45) is 5.95. The van der Waals surface area contributed by atoms with Crippen LogP contribution in [0.1, 0.15) is 98.3 Å². The standard InChI is InChI=1S/C38H64N8O10/c1-6-7-8-12-15-29-23(4)37(53)45(5)28(16-22(2)3)35(51)44-31(24-13-10-9-11-14-24)36(52)42-26(17-39)34(50)43-27(33(49)41-19-30(47)56-29)18-40-32(48)25-20-46(21-25)38(54)55/h22-29,31H,6-21,39H2,1-5H3,(H,40,48)(H,41,49)(H,42,52)(H,43,50)(H,44,51)(H,54,55)/t23-,26+,27+,28+,29-,31+/m1/s1. The van der Waals surface area contributed by atoms with E-state index in [2.05, 4.69) is 33.5 Å². The molecule has 6 atom stereocenters. The van der Waals surface area contributed by atoms with Gasteiger partial charge in [-0.1, -0.05) is 66.2 Å². The Morgan fingerprint density at radius 1 is 0.911 bits per heavy atom. The summed E-state index contributed by atoms with van der Waals surface area (Å²) in [6.45, 7) is 6.02. The molecule has 1 aliphatic carbocycles. The van der Waals surface area contributed by atoms with Crippen molar-refractivity contribution in [3.63, 3.8) is 0 Å². The topological polar surface area (TPSA) is 259 Å². The molecule has 0 aromatic carbocycles. The van der Waals surface area contributed by atoms with Crippen molar-refractivity contribution in [3.8, 4) is 0 Å². The quantitative estimate of drug-likeness (QED) is 0.104. The van der Waals surface area contributed by atoms with E-state index in [1.807, 2.05) is 13.8 Å². The minimum absolute atomic E-state index is 0.0117. The van der Waals surface area contributed by atoms with Crippen LogP contribution in [0.4, 0.5) is 4.79 Å². The van der Waals surface area contributed by atoms with E-state index >= 15 is 0 Å². The Morgan fingerprint density at radius 3 is 2.18 bits per heavy atom. The molecule has 0 aromatic heterocycles. The number of esters is 1. The zero-order valence-corrected chi connectivity index (χ0v) is 33.6. The number of rotatable bonds is 12. The molecule has 3 aliphatic rings. The van der Waals surface area contributed by atoms with Gasteiger partial charge >= 0.3 is 12.1 Å². The van der Waals surface area contributed by atoms with E-state index in [4.69, 9.17) is 15.6 Å². The number of carbonyl (C=O) groups excluding carboxylic acids is 7. The zero-order chi connectivity index (χ0) is 41.5. The molecule has 316 valence electrons. The number of amides is 7. The van der Waals surface area contributed by atoms with E-state index in [1.54, 1.807) is 6.92 Å². The first-order chi connectivity index (χ1) is 26.6. The van der Waals surface area contributed by atoms with Crippen LogP contribution < -0.4 is 32.3 Å². The molecule has 3 rings (SSSR count). The number of likely N-dealkylation sites (tertiary alicyclic amines) is 1. The highest BCUT2D eigenvalue weighted by Crippen LogP contribution is 2.28. The fraction of sp³-hybridized carbons (Fsp3) is 0.789. The van der Waals surface area contributed by atoms with Crippen molar-refractivity contribution in [2.24, 2.45) is 29.4 Å². The molecular weight excluding hydrogens is 728 g/mol. The van der Waals surface area contributed by atoms with Crippen LogP contribution in [0.25, 0.3) is 0 Å². The van der Waals surface area contributed by atoms with Crippen LogP contribution in [-0.2, 0) is 38.3 Å². The Morgan fingerprint density at radius 2 is 1.57 bits per heavy atom. The summed E-state index contributed by atoms with van der Waals surface area (Å²) in [7, 11) is 1.53. The van der Waals surface area contributed by atoms with Gasteiger partial charge in [0.2, 0.25) is 35.4 Å². The van der Waals surface area contributed by atoms with Gasteiger partial charge in [0.25, 0.3) is 0 Å². The lowest BCUT2D eigenvalue weighted by Gasteiger charge is -2.36. The number of nitrogens with one attached hydrogen (secondary N) is 5. The van der Waals surface area contributed by atoms with Crippen LogP contribution in [0.2, 0.25) is 0 Å². The van der Waals surface area contributed by atoms with E-state index in [1.165, 1.54) is 11.9 Å². The lowest BCUT2D eigenvalue weighted by atomic mass is 9.83. The van der Waals surface area contributed by atoms with Crippen molar-refractivity contribution >= 4 is 47.5 Å². The van der Waals surface area contributed by atoms with E-state index in [9.17, 15) is 38.4 Å². The molecule has 0 radical (unpaired) electrons. The lowest BCUT2D eigenvalue weighted by Crippen LogP contribution is -2.63. The fourth-order valence-corrected chi connectivity index (χ4v) is 7.43. The Hall–Kier alpha value is -4.48. The molecule has 2 saturated heterocycles. The van der Waals surface area contributed by atoms with Crippen molar-refractivity contribution in [1.29, 1.82) is 0 Å². The van der Waals surface area contributed by atoms with Gasteiger partial charge in [-0.2, -0.15) is 0 Å². The summed E-state index contributed by atoms with van der Waals surface area (Å²) in [6, 6.07) is -4.82. The van der Waals surface area contributed by atoms with Gasteiger partial charge in [0.05, 0.1) is 11.8 Å². The SMILES string of the molecule is CCCCCC[C@H]1OC(=O)CNC(=O)[C@H](CNC(=O)C2CN(C(=O)O)C2)NC(=O)[C@H](CN)NC(=O)[C@H](C2CCCCC2)NC(=O)[C@H](CC(C)C)N(C)C(=O)[C@@H]1C. The molecule has 0 spiro atoms. The van der Waals surface area contributed by atoms with Gasteiger partial charge in [-0.25, -0.2) is 4.79 Å². The van der Waals surface area contributed by atoms with Crippen LogP contribution in [0.5, 0.6) is 0 Å². The third-order valence-corrected chi connectivity index (χ3v) is 11.0. The number of ether oxygens (including phenoxy) is 1. The first kappa shape index (κ1) is 45.9. The predicted octanol–water partition coefficient (Wildman–Crippen LogP) is 0.227. The molecule has 0 bridgehead atoms. The molecule has 3 fully saturated rings. The maximum absolute atomic E-state index is 14.2. The number of hydrogen-bond donors (Lipinski definition) is 7. The molecule has 56 heavy (non-hydrogen) atoms. The highest BCUT2D eigenvalue weighted by molar-refractivity contribution is 5.96. The predicted molar refractivity (Wildman–Crippen MR) is 204 cm³/mol. The number of cyclic esters (lactones) is 1. The van der Waals surface area contributed by atoms with Crippen LogP contribution in [-0.4, -0.2) is 132 Å². The fourth-order valence-electron chi connectivity index (χ4n) is 7.43. The maximum atomic E-state index is 14.2. The number of carbonyl (C=O) groups is 8. The monoisotopic (exact) mass is 792 g/mol. The highest BCUT2D eigenvalue weighted by atomic mass is 16.5. The van der Waals surface area contributed by atoms with E-state index in [0.717, 1.165) is 43.4 Å². The largest absolute Gasteiger partial charge is 0.465 e. The first-order valence-electron chi connectivity index (χ1n) is 20.2. The Balaban J connectivity index is 1.98. The average Bonchev–Trinajstić information content (AvgIpc) is 3.14. The van der Waals surface area contributed by atoms with Gasteiger partial charge in [-0.3, -0.25) is 33.6 Å². The van der Waals surface area contributed by atoms with Crippen molar-refractivity contribution in [3.05, 3.63) is 0 Å². The summed E-state index contributed by atoms with van der Waals surface area (Å²) >= 11 is 0. The second kappa shape index (κ2) is 22.3. The molecule has 8 N–H and O–H groups in total. The van der Waals surface area contributed by atoms with Crippen LogP contribution in [0, 0.1) is 23.7 Å². The summed E-state index contributed by atoms with van der Waals surface area (Å²) in [5, 5.41) is 22.2. The second-order valence-corrected chi connectivity index (χ2v) is 15.9. The van der Waals surface area contributed by atoms with Gasteiger partial charge in [0.15, 0.2) is 0 Å². The molecule has 18 heteroatoms. The number of unbranched alkanes of at least 4 members (excludes halogenated alkanes) is 3. The van der Waals surface area contributed by atoms with Gasteiger partial charge in [-0.15, -0.1) is 0 Å². The summed E-state index contributed by atoms with van der Waals surface area (Å²) in [5.41, 5.74) is 5.96. The highest BCUT2D eigenvalue weighted by Gasteiger charge is 2.40. The molecule has 0 aromatic rings. The number of carboxylic acid groups (broad SMARTS) is 1. The summed E-state index contributed by atoms with van der Waals surface area (Å²) < 4.78 is 5.82. The lowest BCUT2D eigenvalue weighted by molar-refractivity contribution is -0.157. The zero-order valence-electron chi connectivity index (χ0n) is 33.6. The Kier molecular flexibility index (Phi) is 18.3. The van der Waals surface area contributed by atoms with Crippen LogP contribution >= 0.6 is 0 Å². The van der Waals surface area contributed by atoms with Gasteiger partial charge in [-0.05, 0) is 43.9 Å². The van der Waals surface area contributed by atoms with Crippen LogP contribution in [0.15, 0.2) is 0 Å². The Bertz CT molecular complexity index is 1400. The molecule has 0 unspecified atom stereocenters. The minimum atomic E-state index is -1.45. The van der Waals surface area contributed by atoms with Crippen molar-refractivity contribution < 1.29 is 48.2 Å². The van der Waals surface area contributed by atoms with Crippen LogP contribution in [0.3, 0.4) is 0 Å². The molecule has 2 aliphatic heterocycles. The number of likely N-dealkylation sites (N-methyl/N-ethyl adjacent to an activating group) is 1. The molecule has 1 saturated carbocycles. The van der Waals surface area contributed by atoms with E-state index < -0.39 is 103 Å². The number of hydrogen-bond acceptors (Lipinski definition) is 10. The summed E-state index contributed by atoms with van der Waals surface area (Å²) in [5.74, 6) is -6.48. The first-order valence-corrected chi connectivity index (χ1v) is 20.2. The van der Waals surface area contributed by atoms with E-state index in [0.29, 0.717) is 25.7 Å². The van der Waals surface area contributed by atoms with E-state index in [-0.39, 0.29) is 37.9 Å². The second-order valence-electron chi connectivity index (χ2n) is 15.9. The molecule has 18 nitrogen and oxygen atoms in total. The molecular formula is C38H64N8O10. The van der Waals surface area contributed by atoms with Crippen molar-refractivity contribution in [1.82, 2.24) is 36.4 Å². The van der Waals surface area contributed by atoms with Gasteiger partial charge in [0.1, 0.15) is 36.8 Å². The average molecular weight is 793 g/mol. The molecule has 7 amide bonds. The smallest absolute Gasteiger partial charge is 0.407 e. The Labute approximate surface area is 329 Å². The van der Waals surface area contributed by atoms with Gasteiger partial charge in [0, 0.05) is 33.2 Å². The van der Waals surface area contributed by atoms with Crippen molar-refractivity contribution in [2.75, 3.05) is 39.8 Å². The van der Waals surface area contributed by atoms with Gasteiger partial charge < -0.3 is 52.0 Å². The number of nitrogens with zero attached hydrogens (tertiary/aromatic N) is 2. The third kappa shape index (κ3) is 13.3.